The van der Waals surface area contributed by atoms with Gasteiger partial charge in [0.25, 0.3) is 0 Å². The number of thioether (sulfide) groups is 1. The van der Waals surface area contributed by atoms with Crippen molar-refractivity contribution < 1.29 is 13.2 Å². The summed E-state index contributed by atoms with van der Waals surface area (Å²) < 4.78 is 25.2. The predicted octanol–water partition coefficient (Wildman–Crippen LogP) is 4.02. The van der Waals surface area contributed by atoms with Crippen molar-refractivity contribution in [2.45, 2.75) is 49.8 Å². The van der Waals surface area contributed by atoms with E-state index in [1.54, 1.807) is 0 Å². The molecule has 1 aromatic rings. The van der Waals surface area contributed by atoms with Gasteiger partial charge in [0, 0.05) is 21.8 Å². The number of nitrogens with zero attached hydrogens (tertiary/aromatic N) is 2. The first-order chi connectivity index (χ1) is 12.9. The molecule has 4 rings (SSSR count). The Bertz CT molecular complexity index is 848. The largest absolute Gasteiger partial charge is 0.316 e. The zero-order valence-electron chi connectivity index (χ0n) is 15.0. The third-order valence-corrected chi connectivity index (χ3v) is 9.37. The summed E-state index contributed by atoms with van der Waals surface area (Å²) in [6, 6.07) is 7.59. The van der Waals surface area contributed by atoms with Crippen LogP contribution in [-0.4, -0.2) is 42.3 Å². The number of amides is 1. The van der Waals surface area contributed by atoms with E-state index in [1.165, 1.54) is 37.4 Å². The summed E-state index contributed by atoms with van der Waals surface area (Å²) in [5.41, 5.74) is 0.887. The quantitative estimate of drug-likeness (QED) is 0.664. The van der Waals surface area contributed by atoms with Gasteiger partial charge in [-0.3, -0.25) is 4.79 Å². The molecule has 146 valence electrons. The molecule has 0 radical (unpaired) electrons. The van der Waals surface area contributed by atoms with Gasteiger partial charge < -0.3 is 4.90 Å². The second-order valence-electron chi connectivity index (χ2n) is 7.62. The molecular weight excluding hydrogens is 448 g/mol. The number of sulfone groups is 1. The van der Waals surface area contributed by atoms with Gasteiger partial charge in [-0.05, 0) is 36.6 Å². The van der Waals surface area contributed by atoms with E-state index in [2.05, 4.69) is 20.9 Å². The standard InChI is InChI=1S/C19H23BrN2O3S2/c20-14-6-8-15(9-7-14)22-16-11-27(24,25)12-17(16)26-19(22)21-18(23)10-5-13-3-1-2-4-13/h6-9,13,16-17H,1-5,10-12H2/t16-,17-/m1/s1. The van der Waals surface area contributed by atoms with Crippen LogP contribution in [0, 0.1) is 5.92 Å². The zero-order valence-corrected chi connectivity index (χ0v) is 18.2. The highest BCUT2D eigenvalue weighted by Crippen LogP contribution is 2.41. The van der Waals surface area contributed by atoms with Crippen molar-refractivity contribution in [3.05, 3.63) is 28.7 Å². The van der Waals surface area contributed by atoms with Gasteiger partial charge in [-0.15, -0.1) is 0 Å². The van der Waals surface area contributed by atoms with Gasteiger partial charge in [-0.25, -0.2) is 8.42 Å². The highest BCUT2D eigenvalue weighted by atomic mass is 79.9. The van der Waals surface area contributed by atoms with Gasteiger partial charge in [-0.2, -0.15) is 4.99 Å². The van der Waals surface area contributed by atoms with Crippen LogP contribution in [0.5, 0.6) is 0 Å². The monoisotopic (exact) mass is 470 g/mol. The number of hydrogen-bond donors (Lipinski definition) is 0. The third-order valence-electron chi connectivity index (χ3n) is 5.63. The minimum Gasteiger partial charge on any atom is -0.316 e. The topological polar surface area (TPSA) is 66.8 Å². The molecule has 0 aromatic heterocycles. The van der Waals surface area contributed by atoms with Gasteiger partial charge in [0.2, 0.25) is 5.91 Å². The summed E-state index contributed by atoms with van der Waals surface area (Å²) >= 11 is 4.87. The normalized spacial score (nSPS) is 28.8. The van der Waals surface area contributed by atoms with Crippen molar-refractivity contribution in [2.24, 2.45) is 10.9 Å². The van der Waals surface area contributed by atoms with E-state index in [0.717, 1.165) is 16.6 Å². The molecule has 1 aromatic carbocycles. The average Bonchev–Trinajstić information content (AvgIpc) is 3.29. The minimum absolute atomic E-state index is 0.0555. The molecule has 2 aliphatic heterocycles. The molecule has 8 heteroatoms. The minimum atomic E-state index is -3.04. The van der Waals surface area contributed by atoms with Crippen LogP contribution in [0.1, 0.15) is 38.5 Å². The van der Waals surface area contributed by atoms with E-state index >= 15 is 0 Å². The number of carbonyl (C=O) groups excluding carboxylic acids is 1. The van der Waals surface area contributed by atoms with E-state index < -0.39 is 9.84 Å². The first-order valence-corrected chi connectivity index (χ1v) is 12.9. The molecule has 0 spiro atoms. The zero-order chi connectivity index (χ0) is 19.0. The van der Waals surface area contributed by atoms with Crippen molar-refractivity contribution in [3.8, 4) is 0 Å². The van der Waals surface area contributed by atoms with Crippen LogP contribution in [0.2, 0.25) is 0 Å². The fourth-order valence-corrected chi connectivity index (χ4v) is 8.45. The molecule has 0 N–H and O–H groups in total. The number of carbonyl (C=O) groups is 1. The SMILES string of the molecule is O=C(CCC1CCCC1)N=C1S[C@@H]2CS(=O)(=O)C[C@H]2N1c1ccc(Br)cc1. The number of amidine groups is 1. The van der Waals surface area contributed by atoms with Crippen LogP contribution in [0.4, 0.5) is 5.69 Å². The Morgan fingerprint density at radius 3 is 2.59 bits per heavy atom. The number of rotatable bonds is 4. The average molecular weight is 471 g/mol. The maximum atomic E-state index is 12.5. The van der Waals surface area contributed by atoms with Crippen LogP contribution >= 0.6 is 27.7 Å². The molecule has 1 amide bonds. The van der Waals surface area contributed by atoms with Crippen molar-refractivity contribution in [2.75, 3.05) is 16.4 Å². The maximum absolute atomic E-state index is 12.5. The molecule has 1 aliphatic carbocycles. The molecule has 0 unspecified atom stereocenters. The number of aliphatic imine (C=N–C) groups is 1. The molecule has 2 heterocycles. The number of halogens is 1. The summed E-state index contributed by atoms with van der Waals surface area (Å²) in [5.74, 6) is 0.854. The first-order valence-electron chi connectivity index (χ1n) is 9.45. The Morgan fingerprint density at radius 2 is 1.89 bits per heavy atom. The molecule has 2 saturated heterocycles. The lowest BCUT2D eigenvalue weighted by Crippen LogP contribution is -2.37. The van der Waals surface area contributed by atoms with Gasteiger partial charge in [0.1, 0.15) is 0 Å². The summed E-state index contributed by atoms with van der Waals surface area (Å²) in [6.45, 7) is 0. The Hall–Kier alpha value is -0.860. The lowest BCUT2D eigenvalue weighted by molar-refractivity contribution is -0.118. The second-order valence-corrected chi connectivity index (χ2v) is 11.9. The molecule has 3 fully saturated rings. The van der Waals surface area contributed by atoms with Crippen molar-refractivity contribution in [1.29, 1.82) is 0 Å². The predicted molar refractivity (Wildman–Crippen MR) is 114 cm³/mol. The molecule has 5 nitrogen and oxygen atoms in total. The maximum Gasteiger partial charge on any atom is 0.248 e. The Kier molecular flexibility index (Phi) is 5.67. The van der Waals surface area contributed by atoms with E-state index in [4.69, 9.17) is 0 Å². The number of benzene rings is 1. The Morgan fingerprint density at radius 1 is 1.19 bits per heavy atom. The molecule has 3 aliphatic rings. The van der Waals surface area contributed by atoms with Crippen LogP contribution in [0.3, 0.4) is 0 Å². The molecule has 27 heavy (non-hydrogen) atoms. The molecule has 1 saturated carbocycles. The van der Waals surface area contributed by atoms with Gasteiger partial charge in [0.15, 0.2) is 15.0 Å². The lowest BCUT2D eigenvalue weighted by atomic mass is 10.0. The smallest absolute Gasteiger partial charge is 0.248 e. The van der Waals surface area contributed by atoms with Crippen LogP contribution in [-0.2, 0) is 14.6 Å². The van der Waals surface area contributed by atoms with E-state index in [1.807, 2.05) is 29.2 Å². The van der Waals surface area contributed by atoms with E-state index in [0.29, 0.717) is 17.5 Å². The fraction of sp³-hybridized carbons (Fsp3) is 0.579. The third kappa shape index (κ3) is 4.43. The van der Waals surface area contributed by atoms with Crippen LogP contribution in [0.25, 0.3) is 0 Å². The Balaban J connectivity index is 1.54. The number of anilines is 1. The van der Waals surface area contributed by atoms with Crippen molar-refractivity contribution >= 4 is 54.3 Å². The van der Waals surface area contributed by atoms with Crippen LogP contribution in [0.15, 0.2) is 33.7 Å². The molecule has 2 atom stereocenters. The van der Waals surface area contributed by atoms with Crippen molar-refractivity contribution in [3.63, 3.8) is 0 Å². The van der Waals surface area contributed by atoms with Crippen LogP contribution < -0.4 is 4.90 Å². The van der Waals surface area contributed by atoms with E-state index in [9.17, 15) is 13.2 Å². The summed E-state index contributed by atoms with van der Waals surface area (Å²) in [5, 5.41) is 0.596. The highest BCUT2D eigenvalue weighted by molar-refractivity contribution is 9.10. The molecular formula is C19H23BrN2O3S2. The van der Waals surface area contributed by atoms with E-state index in [-0.39, 0.29) is 28.7 Å². The lowest BCUT2D eigenvalue weighted by Gasteiger charge is -2.24. The fourth-order valence-electron chi connectivity index (χ4n) is 4.26. The van der Waals surface area contributed by atoms with Gasteiger partial charge in [0.05, 0.1) is 17.5 Å². The second kappa shape index (κ2) is 7.87. The highest BCUT2D eigenvalue weighted by Gasteiger charge is 2.49. The summed E-state index contributed by atoms with van der Waals surface area (Å²) in [6.07, 6.45) is 6.41. The number of hydrogen-bond acceptors (Lipinski definition) is 4. The summed E-state index contributed by atoms with van der Waals surface area (Å²) in [4.78, 5) is 18.8. The Labute approximate surface area is 173 Å². The number of fused-ring (bicyclic) bond motifs is 1. The molecule has 0 bridgehead atoms. The van der Waals surface area contributed by atoms with Gasteiger partial charge in [-0.1, -0.05) is 53.4 Å². The van der Waals surface area contributed by atoms with Gasteiger partial charge >= 0.3 is 0 Å². The van der Waals surface area contributed by atoms with Crippen molar-refractivity contribution in [1.82, 2.24) is 0 Å². The summed E-state index contributed by atoms with van der Waals surface area (Å²) in [7, 11) is -3.04. The first kappa shape index (κ1) is 19.5.